The van der Waals surface area contributed by atoms with Crippen LogP contribution in [0.25, 0.3) is 0 Å². The summed E-state index contributed by atoms with van der Waals surface area (Å²) in [7, 11) is 0. The molecule has 0 saturated carbocycles. The molecule has 0 aliphatic rings. The second-order valence-electron chi connectivity index (χ2n) is 5.93. The van der Waals surface area contributed by atoms with Crippen molar-refractivity contribution >= 4 is 46.2 Å². The molecular weight excluding hydrogens is 423 g/mol. The Balaban J connectivity index is 1.68. The summed E-state index contributed by atoms with van der Waals surface area (Å²) in [5, 5.41) is 15.3. The van der Waals surface area contributed by atoms with Gasteiger partial charge in [0.2, 0.25) is 0 Å². The van der Waals surface area contributed by atoms with E-state index in [2.05, 4.69) is 5.32 Å². The molecule has 0 aliphatic carbocycles. The lowest BCUT2D eigenvalue weighted by Crippen LogP contribution is -2.02. The first kappa shape index (κ1) is 20.3. The van der Waals surface area contributed by atoms with Crippen molar-refractivity contribution in [2.24, 2.45) is 0 Å². The van der Waals surface area contributed by atoms with Gasteiger partial charge in [-0.1, -0.05) is 59.1 Å². The lowest BCUT2D eigenvalue weighted by molar-refractivity contribution is -0.384. The van der Waals surface area contributed by atoms with Crippen LogP contribution >= 0.6 is 34.8 Å². The number of non-ortho nitro benzene ring substituents is 1. The van der Waals surface area contributed by atoms with Crippen LogP contribution in [0, 0.1) is 10.1 Å². The van der Waals surface area contributed by atoms with Gasteiger partial charge in [-0.05, 0) is 29.8 Å². The Morgan fingerprint density at radius 2 is 1.64 bits per heavy atom. The van der Waals surface area contributed by atoms with E-state index in [9.17, 15) is 10.1 Å². The van der Waals surface area contributed by atoms with Gasteiger partial charge in [0.25, 0.3) is 5.69 Å². The van der Waals surface area contributed by atoms with Gasteiger partial charge in [-0.3, -0.25) is 10.1 Å². The highest BCUT2D eigenvalue weighted by molar-refractivity contribution is 6.37. The number of nitrogens with zero attached hydrogens (tertiary/aromatic N) is 1. The molecule has 1 N–H and O–H groups in total. The molecule has 5 nitrogen and oxygen atoms in total. The van der Waals surface area contributed by atoms with Gasteiger partial charge in [0.15, 0.2) is 5.75 Å². The number of nitrogens with one attached hydrogen (secondary N) is 1. The molecule has 0 atom stereocenters. The second kappa shape index (κ2) is 9.15. The van der Waals surface area contributed by atoms with Gasteiger partial charge >= 0.3 is 0 Å². The number of anilines is 1. The van der Waals surface area contributed by atoms with Crippen LogP contribution in [-0.2, 0) is 13.2 Å². The normalized spacial score (nSPS) is 10.5. The van der Waals surface area contributed by atoms with E-state index in [-0.39, 0.29) is 12.3 Å². The van der Waals surface area contributed by atoms with Crippen LogP contribution in [0.2, 0.25) is 15.1 Å². The number of rotatable bonds is 7. The second-order valence-corrected chi connectivity index (χ2v) is 7.15. The van der Waals surface area contributed by atoms with Crippen LogP contribution in [0.1, 0.15) is 11.1 Å². The van der Waals surface area contributed by atoms with Crippen molar-refractivity contribution < 1.29 is 9.66 Å². The summed E-state index contributed by atoms with van der Waals surface area (Å²) in [5.41, 5.74) is 2.28. The molecule has 0 radical (unpaired) electrons. The first-order chi connectivity index (χ1) is 13.4. The zero-order valence-electron chi connectivity index (χ0n) is 14.5. The Hall–Kier alpha value is -2.47. The van der Waals surface area contributed by atoms with Crippen LogP contribution in [0.5, 0.6) is 5.75 Å². The number of nitro groups is 1. The fourth-order valence-corrected chi connectivity index (χ4v) is 3.38. The van der Waals surface area contributed by atoms with Crippen molar-refractivity contribution in [1.82, 2.24) is 0 Å². The van der Waals surface area contributed by atoms with E-state index in [1.54, 1.807) is 30.3 Å². The monoisotopic (exact) mass is 436 g/mol. The summed E-state index contributed by atoms with van der Waals surface area (Å²) < 4.78 is 5.75. The Morgan fingerprint density at radius 3 is 2.32 bits per heavy atom. The summed E-state index contributed by atoms with van der Waals surface area (Å²) in [5.74, 6) is 0.377. The maximum absolute atomic E-state index is 10.9. The van der Waals surface area contributed by atoms with Crippen LogP contribution in [0.15, 0.2) is 60.7 Å². The average Bonchev–Trinajstić information content (AvgIpc) is 2.67. The van der Waals surface area contributed by atoms with Crippen molar-refractivity contribution in [2.45, 2.75) is 13.2 Å². The van der Waals surface area contributed by atoms with Crippen LogP contribution in [0.4, 0.5) is 11.4 Å². The predicted octanol–water partition coefficient (Wildman–Crippen LogP) is 6.75. The molecule has 8 heteroatoms. The molecule has 28 heavy (non-hydrogen) atoms. The highest BCUT2D eigenvalue weighted by atomic mass is 35.5. The molecule has 0 unspecified atom stereocenters. The van der Waals surface area contributed by atoms with Crippen molar-refractivity contribution in [3.05, 3.63) is 97.0 Å². The maximum atomic E-state index is 10.9. The zero-order chi connectivity index (χ0) is 20.1. The van der Waals surface area contributed by atoms with E-state index >= 15 is 0 Å². The molecule has 0 saturated heterocycles. The topological polar surface area (TPSA) is 64.4 Å². The largest absolute Gasteiger partial charge is 0.486 e. The lowest BCUT2D eigenvalue weighted by atomic mass is 10.2. The first-order valence-electron chi connectivity index (χ1n) is 8.26. The van der Waals surface area contributed by atoms with Crippen LogP contribution < -0.4 is 10.1 Å². The van der Waals surface area contributed by atoms with Gasteiger partial charge in [0, 0.05) is 35.0 Å². The fraction of sp³-hybridized carbons (Fsp3) is 0.100. The number of halogens is 3. The van der Waals surface area contributed by atoms with Gasteiger partial charge in [-0.2, -0.15) is 0 Å². The molecule has 0 aromatic heterocycles. The number of hydrogen-bond donors (Lipinski definition) is 1. The lowest BCUT2D eigenvalue weighted by Gasteiger charge is -2.13. The summed E-state index contributed by atoms with van der Waals surface area (Å²) in [6, 6.07) is 17.1. The number of nitro benzene ring substituents is 1. The number of ether oxygens (including phenoxy) is 1. The van der Waals surface area contributed by atoms with Gasteiger partial charge < -0.3 is 10.1 Å². The SMILES string of the molecule is O=[N+]([O-])c1cccc(NCc2cc(Cl)c(OCc3ccccc3Cl)c(Cl)c2)c1. The molecule has 0 amide bonds. The standard InChI is InChI=1S/C20H15Cl3N2O3/c21-17-7-2-1-4-14(17)12-28-20-18(22)8-13(9-19(20)23)11-24-15-5-3-6-16(10-15)25(26)27/h1-10,24H,11-12H2. The van der Waals surface area contributed by atoms with Crippen molar-refractivity contribution in [2.75, 3.05) is 5.32 Å². The molecule has 0 bridgehead atoms. The fourth-order valence-electron chi connectivity index (χ4n) is 2.55. The predicted molar refractivity (Wildman–Crippen MR) is 113 cm³/mol. The van der Waals surface area contributed by atoms with Crippen LogP contribution in [0.3, 0.4) is 0 Å². The minimum atomic E-state index is -0.440. The third-order valence-electron chi connectivity index (χ3n) is 3.94. The van der Waals surface area contributed by atoms with Gasteiger partial charge in [0.1, 0.15) is 6.61 Å². The summed E-state index contributed by atoms with van der Waals surface area (Å²) in [4.78, 5) is 10.4. The maximum Gasteiger partial charge on any atom is 0.271 e. The van der Waals surface area contributed by atoms with E-state index in [1.165, 1.54) is 12.1 Å². The van der Waals surface area contributed by atoms with Crippen molar-refractivity contribution in [1.29, 1.82) is 0 Å². The molecular formula is C20H15Cl3N2O3. The highest BCUT2D eigenvalue weighted by Crippen LogP contribution is 2.35. The Labute approximate surface area is 177 Å². The van der Waals surface area contributed by atoms with Crippen LogP contribution in [-0.4, -0.2) is 4.92 Å². The molecule has 3 aromatic carbocycles. The van der Waals surface area contributed by atoms with Crippen molar-refractivity contribution in [3.8, 4) is 5.75 Å². The molecule has 0 spiro atoms. The third-order valence-corrected chi connectivity index (χ3v) is 4.87. The molecule has 3 aromatic rings. The van der Waals surface area contributed by atoms with Gasteiger partial charge in [0.05, 0.1) is 15.0 Å². The number of hydrogen-bond acceptors (Lipinski definition) is 4. The van der Waals surface area contributed by atoms with E-state index in [0.717, 1.165) is 11.1 Å². The molecule has 144 valence electrons. The third kappa shape index (κ3) is 5.07. The van der Waals surface area contributed by atoms with E-state index in [1.807, 2.05) is 18.2 Å². The zero-order valence-corrected chi connectivity index (χ0v) is 16.8. The molecule has 0 aliphatic heterocycles. The van der Waals surface area contributed by atoms with E-state index in [4.69, 9.17) is 39.5 Å². The Kier molecular flexibility index (Phi) is 6.62. The van der Waals surface area contributed by atoms with Gasteiger partial charge in [-0.15, -0.1) is 0 Å². The van der Waals surface area contributed by atoms with Crippen molar-refractivity contribution in [3.63, 3.8) is 0 Å². The summed E-state index contributed by atoms with van der Waals surface area (Å²) in [6.45, 7) is 0.635. The van der Waals surface area contributed by atoms with E-state index < -0.39 is 4.92 Å². The Morgan fingerprint density at radius 1 is 0.929 bits per heavy atom. The Bertz CT molecular complexity index is 988. The van der Waals surface area contributed by atoms with E-state index in [0.29, 0.717) is 33.0 Å². The number of benzene rings is 3. The minimum Gasteiger partial charge on any atom is -0.486 e. The molecule has 0 heterocycles. The minimum absolute atomic E-state index is 0.0179. The highest BCUT2D eigenvalue weighted by Gasteiger charge is 2.12. The quantitative estimate of drug-likeness (QED) is 0.328. The summed E-state index contributed by atoms with van der Waals surface area (Å²) >= 11 is 18.8. The molecule has 3 rings (SSSR count). The van der Waals surface area contributed by atoms with Gasteiger partial charge in [-0.25, -0.2) is 0 Å². The summed E-state index contributed by atoms with van der Waals surface area (Å²) in [6.07, 6.45) is 0. The smallest absolute Gasteiger partial charge is 0.271 e. The first-order valence-corrected chi connectivity index (χ1v) is 9.40. The average molecular weight is 438 g/mol. The molecule has 0 fully saturated rings.